The molecule has 1 heterocycles. The molecule has 0 fully saturated rings. The maximum atomic E-state index is 13.0. The third kappa shape index (κ3) is 5.26. The number of hydrogen-bond donors (Lipinski definition) is 1. The molecule has 1 aromatic heterocycles. The van der Waals surface area contributed by atoms with Crippen LogP contribution in [0.3, 0.4) is 0 Å². The third-order valence-corrected chi connectivity index (χ3v) is 4.67. The zero-order valence-electron chi connectivity index (χ0n) is 17.3. The van der Waals surface area contributed by atoms with Crippen molar-refractivity contribution in [1.82, 2.24) is 15.3 Å². The van der Waals surface area contributed by atoms with Crippen LogP contribution in [-0.4, -0.2) is 23.0 Å². The molecular weight excluding hydrogens is 409 g/mol. The Hall–Kier alpha value is -4.26. The van der Waals surface area contributed by atoms with Crippen LogP contribution < -0.4 is 14.8 Å². The average molecular weight is 429 g/mol. The van der Waals surface area contributed by atoms with E-state index in [1.165, 1.54) is 12.1 Å². The van der Waals surface area contributed by atoms with E-state index in [0.717, 1.165) is 11.1 Å². The highest BCUT2D eigenvalue weighted by Gasteiger charge is 2.09. The van der Waals surface area contributed by atoms with Crippen molar-refractivity contribution in [3.63, 3.8) is 0 Å². The van der Waals surface area contributed by atoms with Crippen LogP contribution in [0.4, 0.5) is 4.39 Å². The Morgan fingerprint density at radius 3 is 2.47 bits per heavy atom. The minimum Gasteiger partial charge on any atom is -0.497 e. The lowest BCUT2D eigenvalue weighted by molar-refractivity contribution is 0.0951. The Balaban J connectivity index is 1.42. The molecule has 160 valence electrons. The molecule has 4 rings (SSSR count). The molecule has 6 nitrogen and oxygen atoms in total. The van der Waals surface area contributed by atoms with Crippen molar-refractivity contribution < 1.29 is 18.7 Å². The van der Waals surface area contributed by atoms with Gasteiger partial charge in [-0.15, -0.1) is 0 Å². The number of methoxy groups -OCH3 is 1. The molecule has 0 saturated carbocycles. The van der Waals surface area contributed by atoms with Gasteiger partial charge in [0, 0.05) is 36.0 Å². The number of hydrogen-bond acceptors (Lipinski definition) is 5. The Kier molecular flexibility index (Phi) is 6.36. The van der Waals surface area contributed by atoms with Gasteiger partial charge in [0.05, 0.1) is 7.11 Å². The van der Waals surface area contributed by atoms with Crippen molar-refractivity contribution in [2.75, 3.05) is 7.11 Å². The minimum absolute atomic E-state index is 0.225. The molecule has 0 bridgehead atoms. The molecule has 0 saturated heterocycles. The maximum Gasteiger partial charge on any atom is 0.251 e. The number of amides is 1. The molecular formula is C25H20FN3O3. The largest absolute Gasteiger partial charge is 0.497 e. The topological polar surface area (TPSA) is 73.3 Å². The maximum absolute atomic E-state index is 13.0. The van der Waals surface area contributed by atoms with E-state index in [9.17, 15) is 9.18 Å². The first-order valence-corrected chi connectivity index (χ1v) is 9.89. The van der Waals surface area contributed by atoms with E-state index in [1.807, 2.05) is 18.2 Å². The third-order valence-electron chi connectivity index (χ3n) is 4.67. The molecule has 0 aliphatic carbocycles. The highest BCUT2D eigenvalue weighted by atomic mass is 19.1. The van der Waals surface area contributed by atoms with Gasteiger partial charge < -0.3 is 14.8 Å². The Labute approximate surface area is 184 Å². The van der Waals surface area contributed by atoms with Crippen molar-refractivity contribution in [1.29, 1.82) is 0 Å². The summed E-state index contributed by atoms with van der Waals surface area (Å²) in [6.07, 6.45) is 1.61. The van der Waals surface area contributed by atoms with Gasteiger partial charge in [-0.2, -0.15) is 4.98 Å². The van der Waals surface area contributed by atoms with Gasteiger partial charge in [0.25, 0.3) is 5.91 Å². The molecule has 7 heteroatoms. The van der Waals surface area contributed by atoms with E-state index in [1.54, 1.807) is 61.8 Å². The first-order chi connectivity index (χ1) is 15.6. The van der Waals surface area contributed by atoms with Crippen molar-refractivity contribution >= 4 is 5.91 Å². The lowest BCUT2D eigenvalue weighted by atomic mass is 10.1. The molecule has 0 aliphatic heterocycles. The Bertz CT molecular complexity index is 1210. The van der Waals surface area contributed by atoms with E-state index in [-0.39, 0.29) is 11.7 Å². The SMILES string of the molecule is COc1cccc(Oc2ccnc(-c3ccc(C(=O)NCc4ccc(F)cc4)cc3)n2)c1. The number of benzene rings is 3. The van der Waals surface area contributed by atoms with E-state index < -0.39 is 0 Å². The van der Waals surface area contributed by atoms with Crippen molar-refractivity contribution in [3.8, 4) is 28.8 Å². The van der Waals surface area contributed by atoms with Crippen LogP contribution in [0.5, 0.6) is 17.4 Å². The molecule has 1 N–H and O–H groups in total. The number of ether oxygens (including phenoxy) is 2. The van der Waals surface area contributed by atoms with E-state index >= 15 is 0 Å². The molecule has 0 spiro atoms. The van der Waals surface area contributed by atoms with Crippen LogP contribution in [0.2, 0.25) is 0 Å². The van der Waals surface area contributed by atoms with Gasteiger partial charge >= 0.3 is 0 Å². The normalized spacial score (nSPS) is 10.4. The number of aromatic nitrogens is 2. The molecule has 4 aromatic rings. The van der Waals surface area contributed by atoms with Crippen LogP contribution in [0.25, 0.3) is 11.4 Å². The van der Waals surface area contributed by atoms with Crippen molar-refractivity contribution in [2.45, 2.75) is 6.54 Å². The summed E-state index contributed by atoms with van der Waals surface area (Å²) in [4.78, 5) is 21.1. The number of halogens is 1. The summed E-state index contributed by atoms with van der Waals surface area (Å²) in [5.41, 5.74) is 2.06. The van der Waals surface area contributed by atoms with Crippen molar-refractivity contribution in [2.24, 2.45) is 0 Å². The standard InChI is InChI=1S/C25H20FN3O3/c1-31-21-3-2-4-22(15-21)32-23-13-14-27-24(29-23)18-7-9-19(10-8-18)25(30)28-16-17-5-11-20(26)12-6-17/h2-15H,16H2,1H3,(H,28,30). The van der Waals surface area contributed by atoms with Crippen LogP contribution in [-0.2, 0) is 6.54 Å². The smallest absolute Gasteiger partial charge is 0.251 e. The zero-order chi connectivity index (χ0) is 22.3. The number of carbonyl (C=O) groups excluding carboxylic acids is 1. The first kappa shape index (κ1) is 21.0. The fourth-order valence-corrected chi connectivity index (χ4v) is 2.98. The number of carbonyl (C=O) groups is 1. The van der Waals surface area contributed by atoms with Gasteiger partial charge in [0.1, 0.15) is 17.3 Å². The fraction of sp³-hybridized carbons (Fsp3) is 0.0800. The molecule has 32 heavy (non-hydrogen) atoms. The van der Waals surface area contributed by atoms with Crippen LogP contribution >= 0.6 is 0 Å². The molecule has 0 unspecified atom stereocenters. The minimum atomic E-state index is -0.309. The van der Waals surface area contributed by atoms with Gasteiger partial charge in [-0.1, -0.05) is 30.3 Å². The van der Waals surface area contributed by atoms with E-state index in [4.69, 9.17) is 9.47 Å². The Morgan fingerprint density at radius 1 is 0.969 bits per heavy atom. The summed E-state index contributed by atoms with van der Waals surface area (Å²) in [5, 5.41) is 2.82. The van der Waals surface area contributed by atoms with Gasteiger partial charge in [-0.3, -0.25) is 4.79 Å². The first-order valence-electron chi connectivity index (χ1n) is 9.89. The predicted octanol–water partition coefficient (Wildman–Crippen LogP) is 5.01. The molecule has 0 radical (unpaired) electrons. The lowest BCUT2D eigenvalue weighted by Crippen LogP contribution is -2.22. The summed E-state index contributed by atoms with van der Waals surface area (Å²) in [6.45, 7) is 0.313. The summed E-state index contributed by atoms with van der Waals surface area (Å²) >= 11 is 0. The number of nitrogens with zero attached hydrogens (tertiary/aromatic N) is 2. The fourth-order valence-electron chi connectivity index (χ4n) is 2.98. The molecule has 0 aliphatic rings. The van der Waals surface area contributed by atoms with Gasteiger partial charge in [0.15, 0.2) is 5.82 Å². The van der Waals surface area contributed by atoms with Crippen molar-refractivity contribution in [3.05, 3.63) is 102 Å². The average Bonchev–Trinajstić information content (AvgIpc) is 2.84. The second-order valence-electron chi connectivity index (χ2n) is 6.89. The van der Waals surface area contributed by atoms with E-state index in [2.05, 4.69) is 15.3 Å². The van der Waals surface area contributed by atoms with Crippen LogP contribution in [0.1, 0.15) is 15.9 Å². The lowest BCUT2D eigenvalue weighted by Gasteiger charge is -2.08. The highest BCUT2D eigenvalue weighted by molar-refractivity contribution is 5.94. The second kappa shape index (κ2) is 9.70. The number of nitrogens with one attached hydrogen (secondary N) is 1. The summed E-state index contributed by atoms with van der Waals surface area (Å²) in [6, 6.07) is 21.9. The summed E-state index contributed by atoms with van der Waals surface area (Å²) < 4.78 is 24.0. The van der Waals surface area contributed by atoms with Gasteiger partial charge in [0.2, 0.25) is 5.88 Å². The summed E-state index contributed by atoms with van der Waals surface area (Å²) in [7, 11) is 1.59. The highest BCUT2D eigenvalue weighted by Crippen LogP contribution is 2.25. The second-order valence-corrected chi connectivity index (χ2v) is 6.89. The predicted molar refractivity (Wildman–Crippen MR) is 118 cm³/mol. The molecule has 0 atom stereocenters. The molecule has 3 aromatic carbocycles. The summed E-state index contributed by atoms with van der Waals surface area (Å²) in [5.74, 6) is 1.62. The monoisotopic (exact) mass is 429 g/mol. The number of rotatable bonds is 7. The molecule has 1 amide bonds. The zero-order valence-corrected chi connectivity index (χ0v) is 17.3. The van der Waals surface area contributed by atoms with Gasteiger partial charge in [-0.05, 0) is 42.0 Å². The quantitative estimate of drug-likeness (QED) is 0.447. The van der Waals surface area contributed by atoms with Crippen LogP contribution in [0.15, 0.2) is 85.1 Å². The van der Waals surface area contributed by atoms with Crippen LogP contribution in [0, 0.1) is 5.82 Å². The van der Waals surface area contributed by atoms with E-state index in [0.29, 0.717) is 35.3 Å². The Morgan fingerprint density at radius 2 is 1.72 bits per heavy atom. The van der Waals surface area contributed by atoms with Gasteiger partial charge in [-0.25, -0.2) is 9.37 Å².